The monoisotopic (exact) mass is 452 g/mol. The van der Waals surface area contributed by atoms with E-state index < -0.39 is 0 Å². The van der Waals surface area contributed by atoms with E-state index in [1.165, 1.54) is 5.56 Å². The first-order valence-electron chi connectivity index (χ1n) is 5.35. The van der Waals surface area contributed by atoms with Crippen LogP contribution in [-0.2, 0) is 6.54 Å². The maximum absolute atomic E-state index is 10.8. The zero-order chi connectivity index (χ0) is 14.0. The van der Waals surface area contributed by atoms with Gasteiger partial charge in [-0.1, -0.05) is 0 Å². The third-order valence-electron chi connectivity index (χ3n) is 2.61. The Balaban J connectivity index is 2.17. The summed E-state index contributed by atoms with van der Waals surface area (Å²) in [5.41, 5.74) is 2.33. The SMILES string of the molecule is CN(Cc1csc(Br)c1)c1ccc([N+](=O)[O-])c(I)c1. The standard InChI is InChI=1S/C12H10BrIN2O2S/c1-15(6-8-4-12(13)19-7-8)9-2-3-11(16(17)18)10(14)5-9/h2-5,7H,6H2,1H3. The van der Waals surface area contributed by atoms with Gasteiger partial charge in [-0.25, -0.2) is 0 Å². The molecule has 0 atom stereocenters. The summed E-state index contributed by atoms with van der Waals surface area (Å²) in [6.45, 7) is 0.774. The van der Waals surface area contributed by atoms with E-state index >= 15 is 0 Å². The van der Waals surface area contributed by atoms with Gasteiger partial charge in [0.1, 0.15) is 0 Å². The van der Waals surface area contributed by atoms with E-state index in [1.54, 1.807) is 23.5 Å². The zero-order valence-corrected chi connectivity index (χ0v) is 14.5. The topological polar surface area (TPSA) is 46.4 Å². The van der Waals surface area contributed by atoms with Crippen molar-refractivity contribution in [1.82, 2.24) is 0 Å². The van der Waals surface area contributed by atoms with E-state index in [4.69, 9.17) is 0 Å². The summed E-state index contributed by atoms with van der Waals surface area (Å²) in [5.74, 6) is 0. The van der Waals surface area contributed by atoms with Crippen LogP contribution in [0, 0.1) is 13.7 Å². The lowest BCUT2D eigenvalue weighted by Crippen LogP contribution is -2.16. The number of anilines is 1. The second-order valence-corrected chi connectivity index (χ2v) is 7.46. The van der Waals surface area contributed by atoms with Gasteiger partial charge in [-0.3, -0.25) is 10.1 Å². The quantitative estimate of drug-likeness (QED) is 0.385. The molecule has 0 radical (unpaired) electrons. The van der Waals surface area contributed by atoms with Crippen molar-refractivity contribution in [2.24, 2.45) is 0 Å². The largest absolute Gasteiger partial charge is 0.370 e. The first-order valence-corrected chi connectivity index (χ1v) is 8.10. The van der Waals surface area contributed by atoms with Crippen LogP contribution in [-0.4, -0.2) is 12.0 Å². The fourth-order valence-electron chi connectivity index (χ4n) is 1.68. The number of halogens is 2. The maximum atomic E-state index is 10.8. The molecule has 1 aromatic heterocycles. The molecule has 0 aliphatic heterocycles. The van der Waals surface area contributed by atoms with Crippen LogP contribution in [0.5, 0.6) is 0 Å². The molecule has 0 aliphatic rings. The Hall–Kier alpha value is -0.670. The van der Waals surface area contributed by atoms with Crippen molar-refractivity contribution < 1.29 is 4.92 Å². The molecule has 0 aliphatic carbocycles. The number of hydrogen-bond donors (Lipinski definition) is 0. The molecule has 0 N–H and O–H groups in total. The smallest absolute Gasteiger partial charge is 0.282 e. The van der Waals surface area contributed by atoms with Gasteiger partial charge in [-0.05, 0) is 67.7 Å². The molecule has 0 amide bonds. The minimum absolute atomic E-state index is 0.149. The Morgan fingerprint density at radius 1 is 1.47 bits per heavy atom. The van der Waals surface area contributed by atoms with Gasteiger partial charge in [0.2, 0.25) is 0 Å². The van der Waals surface area contributed by atoms with Crippen molar-refractivity contribution in [3.63, 3.8) is 0 Å². The van der Waals surface area contributed by atoms with E-state index in [1.807, 2.05) is 35.7 Å². The molecular weight excluding hydrogens is 443 g/mol. The van der Waals surface area contributed by atoms with Crippen LogP contribution in [0.3, 0.4) is 0 Å². The third kappa shape index (κ3) is 3.67. The molecule has 4 nitrogen and oxygen atoms in total. The predicted octanol–water partition coefficient (Wildman–Crippen LogP) is 4.66. The Morgan fingerprint density at radius 2 is 2.21 bits per heavy atom. The molecule has 0 saturated carbocycles. The predicted molar refractivity (Wildman–Crippen MR) is 89.9 cm³/mol. The van der Waals surface area contributed by atoms with Crippen LogP contribution in [0.1, 0.15) is 5.56 Å². The molecule has 100 valence electrons. The Morgan fingerprint density at radius 3 is 2.74 bits per heavy atom. The minimum atomic E-state index is -0.360. The molecule has 0 fully saturated rings. The van der Waals surface area contributed by atoms with Crippen molar-refractivity contribution >= 4 is 61.2 Å². The van der Waals surface area contributed by atoms with Gasteiger partial charge in [-0.2, -0.15) is 0 Å². The van der Waals surface area contributed by atoms with Crippen molar-refractivity contribution in [2.75, 3.05) is 11.9 Å². The van der Waals surface area contributed by atoms with Crippen LogP contribution in [0.15, 0.2) is 33.4 Å². The summed E-state index contributed by atoms with van der Waals surface area (Å²) in [6.07, 6.45) is 0. The molecular formula is C12H10BrIN2O2S. The fourth-order valence-corrected chi connectivity index (χ4v) is 3.57. The Kier molecular flexibility index (Phi) is 4.80. The summed E-state index contributed by atoms with van der Waals surface area (Å²) in [6, 6.07) is 7.25. The van der Waals surface area contributed by atoms with Crippen LogP contribution in [0.4, 0.5) is 11.4 Å². The molecule has 2 aromatic rings. The lowest BCUT2D eigenvalue weighted by atomic mass is 10.2. The number of hydrogen-bond acceptors (Lipinski definition) is 4. The molecule has 2 rings (SSSR count). The van der Waals surface area contributed by atoms with E-state index in [9.17, 15) is 10.1 Å². The average Bonchev–Trinajstić information content (AvgIpc) is 2.74. The van der Waals surface area contributed by atoms with Crippen LogP contribution in [0.2, 0.25) is 0 Å². The van der Waals surface area contributed by atoms with Gasteiger partial charge >= 0.3 is 0 Å². The molecule has 1 aromatic carbocycles. The molecule has 0 bridgehead atoms. The summed E-state index contributed by atoms with van der Waals surface area (Å²) in [7, 11) is 1.98. The lowest BCUT2D eigenvalue weighted by Gasteiger charge is -2.18. The molecule has 7 heteroatoms. The molecule has 19 heavy (non-hydrogen) atoms. The van der Waals surface area contributed by atoms with E-state index in [2.05, 4.69) is 32.3 Å². The highest BCUT2D eigenvalue weighted by molar-refractivity contribution is 14.1. The van der Waals surface area contributed by atoms with Crippen LogP contribution >= 0.6 is 49.9 Å². The normalized spacial score (nSPS) is 10.5. The van der Waals surface area contributed by atoms with Crippen molar-refractivity contribution in [3.05, 3.63) is 52.7 Å². The first-order chi connectivity index (χ1) is 8.97. The molecule has 0 saturated heterocycles. The van der Waals surface area contributed by atoms with Crippen molar-refractivity contribution in [2.45, 2.75) is 6.54 Å². The first kappa shape index (κ1) is 14.7. The maximum Gasteiger partial charge on any atom is 0.282 e. The van der Waals surface area contributed by atoms with E-state index in [0.717, 1.165) is 16.0 Å². The van der Waals surface area contributed by atoms with Gasteiger partial charge in [-0.15, -0.1) is 11.3 Å². The highest BCUT2D eigenvalue weighted by atomic mass is 127. The number of nitro benzene ring substituents is 1. The Labute approximate surface area is 136 Å². The molecule has 1 heterocycles. The highest BCUT2D eigenvalue weighted by Gasteiger charge is 2.13. The fraction of sp³-hybridized carbons (Fsp3) is 0.167. The van der Waals surface area contributed by atoms with Crippen molar-refractivity contribution in [1.29, 1.82) is 0 Å². The average molecular weight is 453 g/mol. The van der Waals surface area contributed by atoms with Gasteiger partial charge in [0.05, 0.1) is 12.3 Å². The lowest BCUT2D eigenvalue weighted by molar-refractivity contribution is -0.385. The van der Waals surface area contributed by atoms with Gasteiger partial charge in [0.15, 0.2) is 0 Å². The number of nitrogens with zero attached hydrogens (tertiary/aromatic N) is 2. The summed E-state index contributed by atoms with van der Waals surface area (Å²) in [4.78, 5) is 12.5. The van der Waals surface area contributed by atoms with Crippen molar-refractivity contribution in [3.8, 4) is 0 Å². The summed E-state index contributed by atoms with van der Waals surface area (Å²) >= 11 is 7.09. The van der Waals surface area contributed by atoms with Gasteiger partial charge < -0.3 is 4.90 Å². The number of rotatable bonds is 4. The van der Waals surface area contributed by atoms with Gasteiger partial charge in [0, 0.05) is 25.3 Å². The Bertz CT molecular complexity index is 618. The summed E-state index contributed by atoms with van der Waals surface area (Å²) < 4.78 is 1.76. The highest BCUT2D eigenvalue weighted by Crippen LogP contribution is 2.27. The zero-order valence-electron chi connectivity index (χ0n) is 9.97. The minimum Gasteiger partial charge on any atom is -0.370 e. The van der Waals surface area contributed by atoms with E-state index in [-0.39, 0.29) is 10.6 Å². The van der Waals surface area contributed by atoms with Crippen LogP contribution < -0.4 is 4.90 Å². The van der Waals surface area contributed by atoms with E-state index in [0.29, 0.717) is 3.57 Å². The molecule has 0 spiro atoms. The molecule has 0 unspecified atom stereocenters. The van der Waals surface area contributed by atoms with Gasteiger partial charge in [0.25, 0.3) is 5.69 Å². The second kappa shape index (κ2) is 6.19. The number of thiophene rings is 1. The summed E-state index contributed by atoms with van der Waals surface area (Å²) in [5, 5.41) is 12.9. The second-order valence-electron chi connectivity index (χ2n) is 4.01. The number of benzene rings is 1. The van der Waals surface area contributed by atoms with Crippen LogP contribution in [0.25, 0.3) is 0 Å². The third-order valence-corrected chi connectivity index (χ3v) is 5.03. The number of nitro groups is 1.